The molecule has 0 spiro atoms. The maximum Gasteiger partial charge on any atom is 0.324 e. The number of urea groups is 1. The maximum atomic E-state index is 11.4. The van der Waals surface area contributed by atoms with Crippen LogP contribution in [0.25, 0.3) is 0 Å². The second-order valence-electron chi connectivity index (χ2n) is 4.29. The summed E-state index contributed by atoms with van der Waals surface area (Å²) in [6, 6.07) is 0.407. The minimum atomic E-state index is -0.228. The van der Waals surface area contributed by atoms with E-state index in [1.54, 1.807) is 0 Å². The molecule has 0 radical (unpaired) electrons. The predicted molar refractivity (Wildman–Crippen MR) is 55.4 cm³/mol. The van der Waals surface area contributed by atoms with E-state index in [-0.39, 0.29) is 24.5 Å². The molecule has 2 fully saturated rings. The highest BCUT2D eigenvalue weighted by Gasteiger charge is 2.42. The Labute approximate surface area is 89.4 Å². The Morgan fingerprint density at radius 3 is 2.60 bits per heavy atom. The van der Waals surface area contributed by atoms with E-state index in [2.05, 4.69) is 24.1 Å². The molecular weight excluding hydrogens is 194 g/mol. The zero-order valence-electron chi connectivity index (χ0n) is 9.19. The summed E-state index contributed by atoms with van der Waals surface area (Å²) in [6.45, 7) is 6.13. The number of likely N-dealkylation sites (tertiary alicyclic amines) is 1. The first kappa shape index (κ1) is 10.4. The van der Waals surface area contributed by atoms with Crippen LogP contribution in [0.5, 0.6) is 0 Å². The van der Waals surface area contributed by atoms with E-state index in [9.17, 15) is 9.59 Å². The number of carbonyl (C=O) groups is 2. The highest BCUT2D eigenvalue weighted by atomic mass is 16.2. The van der Waals surface area contributed by atoms with Gasteiger partial charge in [0.05, 0.1) is 12.6 Å². The molecule has 3 amide bonds. The van der Waals surface area contributed by atoms with Crippen LogP contribution >= 0.6 is 0 Å². The van der Waals surface area contributed by atoms with Gasteiger partial charge >= 0.3 is 6.03 Å². The molecule has 5 heteroatoms. The molecule has 0 aliphatic carbocycles. The summed E-state index contributed by atoms with van der Waals surface area (Å²) in [6.07, 6.45) is 1.10. The Morgan fingerprint density at radius 1 is 1.47 bits per heavy atom. The third kappa shape index (κ3) is 1.71. The zero-order chi connectivity index (χ0) is 11.0. The Balaban J connectivity index is 1.89. The SMILES string of the molecule is CCC(C)N1CC(N2C(=O)CNC2=O)C1. The van der Waals surface area contributed by atoms with E-state index in [0.717, 1.165) is 19.5 Å². The second kappa shape index (κ2) is 3.81. The van der Waals surface area contributed by atoms with Crippen molar-refractivity contribution in [3.8, 4) is 0 Å². The van der Waals surface area contributed by atoms with Crippen LogP contribution in [0.2, 0.25) is 0 Å². The average Bonchev–Trinajstić information content (AvgIpc) is 2.46. The summed E-state index contributed by atoms with van der Waals surface area (Å²) >= 11 is 0. The van der Waals surface area contributed by atoms with Crippen molar-refractivity contribution in [1.82, 2.24) is 15.1 Å². The van der Waals surface area contributed by atoms with Crippen molar-refractivity contribution in [3.63, 3.8) is 0 Å². The summed E-state index contributed by atoms with van der Waals surface area (Å²) in [7, 11) is 0. The fourth-order valence-electron chi connectivity index (χ4n) is 2.07. The number of carbonyl (C=O) groups excluding carboxylic acids is 2. The number of imide groups is 1. The molecular formula is C10H17N3O2. The topological polar surface area (TPSA) is 52.6 Å². The van der Waals surface area contributed by atoms with Crippen LogP contribution < -0.4 is 5.32 Å². The van der Waals surface area contributed by atoms with Gasteiger partial charge < -0.3 is 5.32 Å². The van der Waals surface area contributed by atoms with Gasteiger partial charge in [-0.3, -0.25) is 14.6 Å². The van der Waals surface area contributed by atoms with Crippen molar-refractivity contribution in [2.75, 3.05) is 19.6 Å². The van der Waals surface area contributed by atoms with Gasteiger partial charge in [-0.05, 0) is 13.3 Å². The van der Waals surface area contributed by atoms with Crippen LogP contribution in [-0.4, -0.2) is 53.5 Å². The second-order valence-corrected chi connectivity index (χ2v) is 4.29. The molecule has 84 valence electrons. The summed E-state index contributed by atoms with van der Waals surface area (Å²) in [5.41, 5.74) is 0. The monoisotopic (exact) mass is 211 g/mol. The lowest BCUT2D eigenvalue weighted by molar-refractivity contribution is -0.129. The van der Waals surface area contributed by atoms with E-state index >= 15 is 0 Å². The summed E-state index contributed by atoms with van der Waals surface area (Å²) in [5, 5.41) is 2.55. The smallest absolute Gasteiger partial charge is 0.324 e. The molecule has 0 aromatic carbocycles. The fourth-order valence-corrected chi connectivity index (χ4v) is 2.07. The van der Waals surface area contributed by atoms with E-state index < -0.39 is 0 Å². The molecule has 1 unspecified atom stereocenters. The molecule has 1 atom stereocenters. The lowest BCUT2D eigenvalue weighted by Crippen LogP contribution is -2.63. The summed E-state index contributed by atoms with van der Waals surface area (Å²) < 4.78 is 0. The largest absolute Gasteiger partial charge is 0.329 e. The van der Waals surface area contributed by atoms with E-state index in [4.69, 9.17) is 0 Å². The van der Waals surface area contributed by atoms with Crippen LogP contribution in [0.1, 0.15) is 20.3 Å². The van der Waals surface area contributed by atoms with Gasteiger partial charge in [0.15, 0.2) is 0 Å². The molecule has 2 heterocycles. The number of amides is 3. The minimum Gasteiger partial charge on any atom is -0.329 e. The lowest BCUT2D eigenvalue weighted by Gasteiger charge is -2.45. The summed E-state index contributed by atoms with van der Waals surface area (Å²) in [5.74, 6) is -0.0891. The average molecular weight is 211 g/mol. The molecule has 0 bridgehead atoms. The van der Waals surface area contributed by atoms with Gasteiger partial charge in [-0.15, -0.1) is 0 Å². The van der Waals surface area contributed by atoms with Gasteiger partial charge in [-0.2, -0.15) is 0 Å². The first-order chi connectivity index (χ1) is 7.13. The molecule has 2 saturated heterocycles. The quantitative estimate of drug-likeness (QED) is 0.670. The zero-order valence-corrected chi connectivity index (χ0v) is 9.19. The van der Waals surface area contributed by atoms with Crippen molar-refractivity contribution < 1.29 is 9.59 Å². The number of hydrogen-bond acceptors (Lipinski definition) is 3. The standard InChI is InChI=1S/C10H17N3O2/c1-3-7(2)12-5-8(6-12)13-9(14)4-11-10(13)15/h7-8H,3-6H2,1-2H3,(H,11,15). The maximum absolute atomic E-state index is 11.4. The van der Waals surface area contributed by atoms with Gasteiger partial charge in [-0.25, -0.2) is 4.79 Å². The highest BCUT2D eigenvalue weighted by molar-refractivity contribution is 6.02. The molecule has 5 nitrogen and oxygen atoms in total. The van der Waals surface area contributed by atoms with E-state index in [1.807, 2.05) is 0 Å². The van der Waals surface area contributed by atoms with Crippen molar-refractivity contribution in [2.45, 2.75) is 32.4 Å². The molecule has 0 saturated carbocycles. The number of nitrogens with zero attached hydrogens (tertiary/aromatic N) is 2. The Kier molecular flexibility index (Phi) is 2.65. The molecule has 1 N–H and O–H groups in total. The third-order valence-corrected chi connectivity index (χ3v) is 3.35. The Hall–Kier alpha value is -1.10. The van der Waals surface area contributed by atoms with Crippen molar-refractivity contribution in [1.29, 1.82) is 0 Å². The molecule has 0 aromatic heterocycles. The van der Waals surface area contributed by atoms with Gasteiger partial charge in [0.2, 0.25) is 5.91 Å². The van der Waals surface area contributed by atoms with Crippen LogP contribution in [0, 0.1) is 0 Å². The minimum absolute atomic E-state index is 0.0891. The normalized spacial score (nSPS) is 25.3. The molecule has 2 rings (SSSR count). The molecule has 2 aliphatic rings. The first-order valence-corrected chi connectivity index (χ1v) is 5.47. The van der Waals surface area contributed by atoms with Crippen LogP contribution in [0.4, 0.5) is 4.79 Å². The summed E-state index contributed by atoms with van der Waals surface area (Å²) in [4.78, 5) is 26.4. The molecule has 0 aromatic rings. The third-order valence-electron chi connectivity index (χ3n) is 3.35. The predicted octanol–water partition coefficient (Wildman–Crippen LogP) is 0.0209. The van der Waals surface area contributed by atoms with Crippen LogP contribution in [-0.2, 0) is 4.79 Å². The van der Waals surface area contributed by atoms with E-state index in [1.165, 1.54) is 4.90 Å². The van der Waals surface area contributed by atoms with Crippen LogP contribution in [0.15, 0.2) is 0 Å². The van der Waals surface area contributed by atoms with Crippen LogP contribution in [0.3, 0.4) is 0 Å². The number of hydrogen-bond donors (Lipinski definition) is 1. The van der Waals surface area contributed by atoms with Crippen molar-refractivity contribution in [2.24, 2.45) is 0 Å². The van der Waals surface area contributed by atoms with Gasteiger partial charge in [-0.1, -0.05) is 6.92 Å². The van der Waals surface area contributed by atoms with Gasteiger partial charge in [0, 0.05) is 19.1 Å². The first-order valence-electron chi connectivity index (χ1n) is 5.47. The Morgan fingerprint density at radius 2 is 2.13 bits per heavy atom. The van der Waals surface area contributed by atoms with E-state index in [0.29, 0.717) is 6.04 Å². The van der Waals surface area contributed by atoms with Gasteiger partial charge in [0.25, 0.3) is 0 Å². The van der Waals surface area contributed by atoms with Gasteiger partial charge in [0.1, 0.15) is 0 Å². The molecule has 15 heavy (non-hydrogen) atoms. The molecule has 2 aliphatic heterocycles. The fraction of sp³-hybridized carbons (Fsp3) is 0.800. The Bertz CT molecular complexity index is 270. The van der Waals surface area contributed by atoms with Crippen molar-refractivity contribution in [3.05, 3.63) is 0 Å². The highest BCUT2D eigenvalue weighted by Crippen LogP contribution is 2.20. The lowest BCUT2D eigenvalue weighted by atomic mass is 10.0. The van der Waals surface area contributed by atoms with Crippen molar-refractivity contribution >= 4 is 11.9 Å². The number of rotatable bonds is 3. The number of nitrogens with one attached hydrogen (secondary N) is 1.